The Balaban J connectivity index is 1.40. The summed E-state index contributed by atoms with van der Waals surface area (Å²) in [7, 11) is -2.00. The van der Waals surface area contributed by atoms with E-state index in [1.807, 2.05) is 37.5 Å². The molecule has 0 spiro atoms. The third-order valence-electron chi connectivity index (χ3n) is 17.8. The maximum atomic E-state index is 14.4. The number of carbonyl (C=O) groups is 2. The number of rotatable bonds is 20. The van der Waals surface area contributed by atoms with Crippen molar-refractivity contribution >= 4 is 48.9 Å². The Morgan fingerprint density at radius 1 is 0.326 bits per heavy atom. The lowest BCUT2D eigenvalue weighted by Gasteiger charge is -2.30. The van der Waals surface area contributed by atoms with Crippen LogP contribution in [0.3, 0.4) is 0 Å². The van der Waals surface area contributed by atoms with E-state index in [-0.39, 0.29) is 46.7 Å². The fraction of sp³-hybridized carbons (Fsp3) is 0.390. The molecular weight excluding hydrogens is 1170 g/mol. The van der Waals surface area contributed by atoms with Gasteiger partial charge in [-0.3, -0.25) is 9.59 Å². The molecule has 0 radical (unpaired) electrons. The Morgan fingerprint density at radius 2 is 0.522 bits per heavy atom. The van der Waals surface area contributed by atoms with Crippen molar-refractivity contribution in [2.24, 2.45) is 0 Å². The second kappa shape index (κ2) is 29.8. The largest absolute Gasteiger partial charge is 0.488 e. The van der Waals surface area contributed by atoms with Crippen LogP contribution >= 0.6 is 15.8 Å². The van der Waals surface area contributed by atoms with E-state index in [0.29, 0.717) is 76.1 Å². The zero-order chi connectivity index (χ0) is 66.1. The van der Waals surface area contributed by atoms with E-state index in [2.05, 4.69) is 253 Å². The zero-order valence-electron chi connectivity index (χ0n) is 57.9. The molecule has 8 bridgehead atoms. The number of likely N-dealkylation sites (N-methyl/N-ethyl adjacent to an activating group) is 2. The van der Waals surface area contributed by atoms with E-state index in [4.69, 9.17) is 18.9 Å². The van der Waals surface area contributed by atoms with E-state index in [9.17, 15) is 9.59 Å². The van der Waals surface area contributed by atoms with Gasteiger partial charge in [-0.05, 0) is 153 Å². The molecule has 0 aliphatic heterocycles. The van der Waals surface area contributed by atoms with Crippen molar-refractivity contribution in [3.8, 4) is 23.0 Å². The Labute approximate surface area is 554 Å². The Morgan fingerprint density at radius 3 is 0.707 bits per heavy atom. The number of benzene rings is 8. The van der Waals surface area contributed by atoms with Crippen LogP contribution in [0.2, 0.25) is 0 Å². The van der Waals surface area contributed by atoms with Gasteiger partial charge in [0.15, 0.2) is 13.2 Å². The molecule has 0 aromatic heterocycles. The van der Waals surface area contributed by atoms with Gasteiger partial charge in [0.1, 0.15) is 35.7 Å². The quantitative estimate of drug-likeness (QED) is 0.0708. The minimum Gasteiger partial charge on any atom is -0.488 e. The first-order valence-corrected chi connectivity index (χ1v) is 36.3. The van der Waals surface area contributed by atoms with Crippen LogP contribution in [0.25, 0.3) is 0 Å². The Kier molecular flexibility index (Phi) is 22.4. The lowest BCUT2D eigenvalue weighted by molar-refractivity contribution is -0.133. The monoisotopic (exact) mass is 1270 g/mol. The predicted octanol–water partition coefficient (Wildman–Crippen LogP) is 17.0. The van der Waals surface area contributed by atoms with Crippen molar-refractivity contribution in [3.05, 3.63) is 237 Å². The summed E-state index contributed by atoms with van der Waals surface area (Å²) >= 11 is 0. The third kappa shape index (κ3) is 16.9. The molecule has 1 aliphatic carbocycles. The SMILES string of the molecule is CCN(CC)C(=O)COc1c2cc(C(C)(C)C)cc1Cc1cc(C(C)(C)C)cc(c1OCP(c1ccccc1)c1ccccc1)Cc1cc(C(C)(C)C)cc(c1OCC(=O)N(CC)CC)Cc1cc(C(C)(C)C)cc(c1OCP(c1ccccc1)c1ccccc1)C2. The molecular formula is C82H100N2O6P2. The van der Waals surface area contributed by atoms with Gasteiger partial charge in [-0.25, -0.2) is 0 Å². The minimum absolute atomic E-state index is 0.0611. The lowest BCUT2D eigenvalue weighted by atomic mass is 9.79. The summed E-state index contributed by atoms with van der Waals surface area (Å²) in [6.07, 6.45) is 2.61. The highest BCUT2D eigenvalue weighted by atomic mass is 31.1. The molecule has 0 heterocycles. The van der Waals surface area contributed by atoms with Gasteiger partial charge in [-0.2, -0.15) is 0 Å². The van der Waals surface area contributed by atoms with Crippen LogP contribution in [-0.2, 0) is 56.9 Å². The molecule has 0 N–H and O–H groups in total. The minimum atomic E-state index is -0.998. The van der Waals surface area contributed by atoms with Crippen LogP contribution in [0.15, 0.2) is 170 Å². The number of carbonyl (C=O) groups excluding carboxylic acids is 2. The molecule has 0 fully saturated rings. The molecule has 0 atom stereocenters. The van der Waals surface area contributed by atoms with Gasteiger partial charge in [-0.1, -0.05) is 253 Å². The van der Waals surface area contributed by atoms with Gasteiger partial charge in [0, 0.05) is 51.9 Å². The average molecular weight is 1270 g/mol. The number of amides is 2. The van der Waals surface area contributed by atoms with E-state index in [0.717, 1.165) is 67.1 Å². The highest BCUT2D eigenvalue weighted by molar-refractivity contribution is 7.73. The fourth-order valence-electron chi connectivity index (χ4n) is 12.3. The van der Waals surface area contributed by atoms with Crippen LogP contribution in [0.1, 0.15) is 178 Å². The van der Waals surface area contributed by atoms with E-state index in [1.54, 1.807) is 0 Å². The topological polar surface area (TPSA) is 77.5 Å². The standard InChI is InChI=1S/C82H100N2O6P2/c1-17-83(18-2)73(85)53-87-75-57-41-61-49-67(81(11,12)13)51-63(77(61)89-55-91(69-33-25-21-26-34-69)70-35-27-22-28-36-70)43-59-47-66(80(8,9)10)48-60(76(59)88-54-74(86)84(19-3)20-4)44-64-52-68(82(14,15)16)50-62(42-58(75)46-65(45-57)79(5,6)7)78(64)90-56-92(71-37-29-23-30-38-71)72-39-31-24-32-40-72/h21-40,45-52H,17-20,41-44,53-56H2,1-16H3. The Hall–Kier alpha value is -7.24. The molecule has 2 amide bonds. The fourth-order valence-corrected chi connectivity index (χ4v) is 16.1. The van der Waals surface area contributed by atoms with E-state index < -0.39 is 15.8 Å². The molecule has 1 aliphatic rings. The molecule has 484 valence electrons. The van der Waals surface area contributed by atoms with Gasteiger partial charge in [0.25, 0.3) is 11.8 Å². The molecule has 10 heteroatoms. The van der Waals surface area contributed by atoms with Gasteiger partial charge in [0.2, 0.25) is 0 Å². The molecule has 9 rings (SSSR count). The summed E-state index contributed by atoms with van der Waals surface area (Å²) in [6.45, 7) is 37.6. The number of nitrogens with zero attached hydrogens (tertiary/aromatic N) is 2. The number of hydrogen-bond donors (Lipinski definition) is 0. The predicted molar refractivity (Wildman–Crippen MR) is 388 cm³/mol. The summed E-state index contributed by atoms with van der Waals surface area (Å²) in [5, 5.41) is 4.90. The van der Waals surface area contributed by atoms with Gasteiger partial charge in [-0.15, -0.1) is 0 Å². The Bertz CT molecular complexity index is 3370. The van der Waals surface area contributed by atoms with Crippen LogP contribution < -0.4 is 40.2 Å². The first kappa shape index (κ1) is 69.1. The van der Waals surface area contributed by atoms with Crippen molar-refractivity contribution in [1.29, 1.82) is 0 Å². The first-order chi connectivity index (χ1) is 43.8. The van der Waals surface area contributed by atoms with Crippen molar-refractivity contribution in [2.75, 3.05) is 52.1 Å². The first-order valence-electron chi connectivity index (χ1n) is 33.2. The maximum absolute atomic E-state index is 14.4. The summed E-state index contributed by atoms with van der Waals surface area (Å²) in [5.41, 5.74) is 11.5. The smallest absolute Gasteiger partial charge is 0.260 e. The summed E-state index contributed by atoms with van der Waals surface area (Å²) in [5.74, 6) is 2.91. The number of fused-ring (bicyclic) bond motifs is 8. The maximum Gasteiger partial charge on any atom is 0.260 e. The third-order valence-corrected chi connectivity index (χ3v) is 22.3. The summed E-state index contributed by atoms with van der Waals surface area (Å²) in [4.78, 5) is 32.5. The molecule has 8 aromatic rings. The normalized spacial score (nSPS) is 12.8. The van der Waals surface area contributed by atoms with Gasteiger partial charge >= 0.3 is 0 Å². The average Bonchev–Trinajstić information content (AvgIpc) is 0.783. The van der Waals surface area contributed by atoms with Crippen molar-refractivity contribution < 1.29 is 28.5 Å². The van der Waals surface area contributed by atoms with Gasteiger partial charge in [0.05, 0.1) is 0 Å². The second-order valence-electron chi connectivity index (χ2n) is 28.7. The molecule has 0 saturated carbocycles. The molecule has 8 nitrogen and oxygen atoms in total. The zero-order valence-corrected chi connectivity index (χ0v) is 59.7. The summed E-state index contributed by atoms with van der Waals surface area (Å²) < 4.78 is 29.9. The van der Waals surface area contributed by atoms with E-state index in [1.165, 1.54) is 32.3 Å². The highest BCUT2D eigenvalue weighted by Gasteiger charge is 2.32. The molecule has 8 aromatic carbocycles. The van der Waals surface area contributed by atoms with Crippen LogP contribution in [-0.4, -0.2) is 73.7 Å². The lowest BCUT2D eigenvalue weighted by Crippen LogP contribution is -2.34. The van der Waals surface area contributed by atoms with Crippen molar-refractivity contribution in [2.45, 2.75) is 158 Å². The van der Waals surface area contributed by atoms with Gasteiger partial charge < -0.3 is 28.7 Å². The number of hydrogen-bond acceptors (Lipinski definition) is 6. The second-order valence-corrected chi connectivity index (χ2v) is 33.0. The number of ether oxygens (including phenoxy) is 4. The van der Waals surface area contributed by atoms with Crippen molar-refractivity contribution in [3.63, 3.8) is 0 Å². The summed E-state index contributed by atoms with van der Waals surface area (Å²) in [6, 6.07) is 61.9. The molecule has 0 saturated heterocycles. The van der Waals surface area contributed by atoms with Crippen LogP contribution in [0, 0.1) is 0 Å². The highest BCUT2D eigenvalue weighted by Crippen LogP contribution is 2.47. The van der Waals surface area contributed by atoms with Crippen LogP contribution in [0.4, 0.5) is 0 Å². The van der Waals surface area contributed by atoms with Crippen LogP contribution in [0.5, 0.6) is 23.0 Å². The van der Waals surface area contributed by atoms with Crippen molar-refractivity contribution in [1.82, 2.24) is 9.80 Å². The molecule has 0 unspecified atom stereocenters. The van der Waals surface area contributed by atoms with E-state index >= 15 is 0 Å². The molecule has 92 heavy (non-hydrogen) atoms.